The molecule has 1 aromatic rings. The van der Waals surface area contributed by atoms with Crippen LogP contribution >= 0.6 is 0 Å². The summed E-state index contributed by atoms with van der Waals surface area (Å²) in [7, 11) is 1.65. The second-order valence-electron chi connectivity index (χ2n) is 5.30. The van der Waals surface area contributed by atoms with Gasteiger partial charge in [0.15, 0.2) is 0 Å². The molecular weight excluding hydrogens is 242 g/mol. The highest BCUT2D eigenvalue weighted by Crippen LogP contribution is 2.46. The van der Waals surface area contributed by atoms with E-state index in [4.69, 9.17) is 9.47 Å². The van der Waals surface area contributed by atoms with Gasteiger partial charge in [-0.15, -0.1) is 0 Å². The average Bonchev–Trinajstić information content (AvgIpc) is 3.02. The van der Waals surface area contributed by atoms with Crippen LogP contribution in [0.2, 0.25) is 0 Å². The molecule has 1 atom stereocenters. The van der Waals surface area contributed by atoms with Gasteiger partial charge in [0.2, 0.25) is 5.91 Å². The molecule has 0 aromatic heterocycles. The topological polar surface area (TPSA) is 47.6 Å². The SMILES string of the molecule is COc1ccc(C2(NC(=O)C3CCCO3)CC2)cc1. The van der Waals surface area contributed by atoms with Crippen LogP contribution in [0.5, 0.6) is 5.75 Å². The summed E-state index contributed by atoms with van der Waals surface area (Å²) in [5, 5.41) is 3.16. The number of ether oxygens (including phenoxy) is 2. The number of amides is 1. The fourth-order valence-corrected chi connectivity index (χ4v) is 2.62. The Morgan fingerprint density at radius 2 is 2.11 bits per heavy atom. The van der Waals surface area contributed by atoms with Crippen molar-refractivity contribution in [2.75, 3.05) is 13.7 Å². The van der Waals surface area contributed by atoms with E-state index in [0.717, 1.165) is 37.0 Å². The zero-order chi connectivity index (χ0) is 13.3. The van der Waals surface area contributed by atoms with Gasteiger partial charge in [-0.3, -0.25) is 4.79 Å². The molecule has 1 aliphatic carbocycles. The van der Waals surface area contributed by atoms with Crippen LogP contribution in [-0.4, -0.2) is 25.7 Å². The summed E-state index contributed by atoms with van der Waals surface area (Å²) < 4.78 is 10.6. The van der Waals surface area contributed by atoms with E-state index in [1.807, 2.05) is 24.3 Å². The lowest BCUT2D eigenvalue weighted by Gasteiger charge is -2.20. The summed E-state index contributed by atoms with van der Waals surface area (Å²) in [6.45, 7) is 0.702. The van der Waals surface area contributed by atoms with Crippen molar-refractivity contribution in [2.24, 2.45) is 0 Å². The molecule has 1 unspecified atom stereocenters. The fourth-order valence-electron chi connectivity index (χ4n) is 2.62. The largest absolute Gasteiger partial charge is 0.497 e. The molecule has 0 spiro atoms. The zero-order valence-corrected chi connectivity index (χ0v) is 11.1. The lowest BCUT2D eigenvalue weighted by atomic mass is 10.0. The first-order chi connectivity index (χ1) is 9.23. The molecule has 1 saturated heterocycles. The van der Waals surface area contributed by atoms with Crippen molar-refractivity contribution in [3.8, 4) is 5.75 Å². The minimum absolute atomic E-state index is 0.0332. The summed E-state index contributed by atoms with van der Waals surface area (Å²) in [6.07, 6.45) is 3.56. The Hall–Kier alpha value is -1.55. The number of nitrogens with one attached hydrogen (secondary N) is 1. The predicted octanol–water partition coefficient (Wildman–Crippen LogP) is 1.98. The van der Waals surface area contributed by atoms with Gasteiger partial charge in [-0.25, -0.2) is 0 Å². The quantitative estimate of drug-likeness (QED) is 0.901. The molecular formula is C15H19NO3. The van der Waals surface area contributed by atoms with Crippen LogP contribution in [0.15, 0.2) is 24.3 Å². The molecule has 1 N–H and O–H groups in total. The third-order valence-electron chi connectivity index (χ3n) is 3.98. The van der Waals surface area contributed by atoms with E-state index in [-0.39, 0.29) is 17.6 Å². The maximum atomic E-state index is 12.1. The van der Waals surface area contributed by atoms with Crippen molar-refractivity contribution in [1.29, 1.82) is 0 Å². The third kappa shape index (κ3) is 2.45. The molecule has 0 bridgehead atoms. The van der Waals surface area contributed by atoms with E-state index in [0.29, 0.717) is 6.61 Å². The number of hydrogen-bond donors (Lipinski definition) is 1. The molecule has 4 nitrogen and oxygen atoms in total. The Balaban J connectivity index is 1.70. The number of hydrogen-bond acceptors (Lipinski definition) is 3. The summed E-state index contributed by atoms with van der Waals surface area (Å²) in [5.41, 5.74) is 0.981. The smallest absolute Gasteiger partial charge is 0.249 e. The van der Waals surface area contributed by atoms with Gasteiger partial charge in [-0.2, -0.15) is 0 Å². The Kier molecular flexibility index (Phi) is 3.19. The van der Waals surface area contributed by atoms with Crippen molar-refractivity contribution in [3.63, 3.8) is 0 Å². The van der Waals surface area contributed by atoms with E-state index in [2.05, 4.69) is 5.32 Å². The number of benzene rings is 1. The van der Waals surface area contributed by atoms with Gasteiger partial charge in [0, 0.05) is 6.61 Å². The van der Waals surface area contributed by atoms with Crippen molar-refractivity contribution in [2.45, 2.75) is 37.3 Å². The minimum atomic E-state index is -0.254. The van der Waals surface area contributed by atoms with Gasteiger partial charge >= 0.3 is 0 Å². The number of rotatable bonds is 4. The molecule has 1 aromatic carbocycles. The summed E-state index contributed by atoms with van der Waals surface area (Å²) in [6, 6.07) is 7.94. The van der Waals surface area contributed by atoms with Crippen molar-refractivity contribution in [1.82, 2.24) is 5.32 Å². The lowest BCUT2D eigenvalue weighted by Crippen LogP contribution is -2.41. The van der Waals surface area contributed by atoms with Crippen molar-refractivity contribution >= 4 is 5.91 Å². The number of carbonyl (C=O) groups excluding carboxylic acids is 1. The Bertz CT molecular complexity index is 459. The van der Waals surface area contributed by atoms with E-state index >= 15 is 0 Å². The molecule has 1 heterocycles. The predicted molar refractivity (Wildman–Crippen MR) is 71.0 cm³/mol. The van der Waals surface area contributed by atoms with Crippen LogP contribution in [0.3, 0.4) is 0 Å². The molecule has 102 valence electrons. The zero-order valence-electron chi connectivity index (χ0n) is 11.1. The first-order valence-electron chi connectivity index (χ1n) is 6.82. The van der Waals surface area contributed by atoms with Gasteiger partial charge in [-0.1, -0.05) is 12.1 Å². The first kappa shape index (κ1) is 12.5. The molecule has 2 aliphatic rings. The molecule has 0 radical (unpaired) electrons. The standard InChI is InChI=1S/C15H19NO3/c1-18-12-6-4-11(5-7-12)15(8-9-15)16-14(17)13-3-2-10-19-13/h4-7,13H,2-3,8-10H2,1H3,(H,16,17). The van der Waals surface area contributed by atoms with Crippen LogP contribution in [0.1, 0.15) is 31.2 Å². The van der Waals surface area contributed by atoms with Crippen LogP contribution in [-0.2, 0) is 15.1 Å². The second-order valence-corrected chi connectivity index (χ2v) is 5.30. The van der Waals surface area contributed by atoms with Gasteiger partial charge in [0.25, 0.3) is 0 Å². The Morgan fingerprint density at radius 1 is 1.37 bits per heavy atom. The Labute approximate surface area is 113 Å². The van der Waals surface area contributed by atoms with Crippen molar-refractivity contribution in [3.05, 3.63) is 29.8 Å². The van der Waals surface area contributed by atoms with Crippen LogP contribution in [0.4, 0.5) is 0 Å². The van der Waals surface area contributed by atoms with Crippen LogP contribution < -0.4 is 10.1 Å². The molecule has 4 heteroatoms. The monoisotopic (exact) mass is 261 g/mol. The van der Waals surface area contributed by atoms with Gasteiger partial charge in [0.1, 0.15) is 11.9 Å². The maximum Gasteiger partial charge on any atom is 0.249 e. The van der Waals surface area contributed by atoms with E-state index in [1.165, 1.54) is 0 Å². The molecule has 1 amide bonds. The molecule has 3 rings (SSSR count). The number of methoxy groups -OCH3 is 1. The van der Waals surface area contributed by atoms with Gasteiger partial charge in [0.05, 0.1) is 12.6 Å². The average molecular weight is 261 g/mol. The number of carbonyl (C=O) groups is 1. The van der Waals surface area contributed by atoms with E-state index in [9.17, 15) is 4.79 Å². The molecule has 2 fully saturated rings. The van der Waals surface area contributed by atoms with E-state index < -0.39 is 0 Å². The highest BCUT2D eigenvalue weighted by molar-refractivity contribution is 5.82. The molecule has 19 heavy (non-hydrogen) atoms. The minimum Gasteiger partial charge on any atom is -0.497 e. The summed E-state index contributed by atoms with van der Waals surface area (Å²) in [4.78, 5) is 12.1. The maximum absolute atomic E-state index is 12.1. The summed E-state index contributed by atoms with van der Waals surface area (Å²) >= 11 is 0. The summed E-state index contributed by atoms with van der Waals surface area (Å²) in [5.74, 6) is 0.871. The highest BCUT2D eigenvalue weighted by Gasteiger charge is 2.46. The highest BCUT2D eigenvalue weighted by atomic mass is 16.5. The molecule has 1 aliphatic heterocycles. The molecule has 1 saturated carbocycles. The fraction of sp³-hybridized carbons (Fsp3) is 0.533. The van der Waals surface area contributed by atoms with Gasteiger partial charge < -0.3 is 14.8 Å². The van der Waals surface area contributed by atoms with Crippen LogP contribution in [0, 0.1) is 0 Å². The lowest BCUT2D eigenvalue weighted by molar-refractivity contribution is -0.131. The normalized spacial score (nSPS) is 23.9. The third-order valence-corrected chi connectivity index (χ3v) is 3.98. The van der Waals surface area contributed by atoms with E-state index in [1.54, 1.807) is 7.11 Å². The van der Waals surface area contributed by atoms with Crippen molar-refractivity contribution < 1.29 is 14.3 Å². The van der Waals surface area contributed by atoms with Gasteiger partial charge in [-0.05, 0) is 43.4 Å². The van der Waals surface area contributed by atoms with Crippen LogP contribution in [0.25, 0.3) is 0 Å². The first-order valence-corrected chi connectivity index (χ1v) is 6.82. The second kappa shape index (κ2) is 4.85. The Morgan fingerprint density at radius 3 is 2.63 bits per heavy atom.